The van der Waals surface area contributed by atoms with Crippen molar-refractivity contribution in [3.05, 3.63) is 98.2 Å². The average Bonchev–Trinajstić information content (AvgIpc) is 3.80. The molecule has 3 heterocycles. The van der Waals surface area contributed by atoms with Crippen LogP contribution in [-0.4, -0.2) is 41.7 Å². The predicted molar refractivity (Wildman–Crippen MR) is 176 cm³/mol. The second-order valence-electron chi connectivity index (χ2n) is 12.5. The molecule has 7 atom stereocenters. The molecule has 0 radical (unpaired) electrons. The van der Waals surface area contributed by atoms with Crippen molar-refractivity contribution in [2.45, 2.75) is 29.5 Å². The Balaban J connectivity index is 1.09. The van der Waals surface area contributed by atoms with Crippen molar-refractivity contribution < 1.29 is 28.2 Å². The number of benzene rings is 3. The number of rotatable bonds is 7. The number of carbonyl (C=O) groups excluding carboxylic acids is 3. The van der Waals surface area contributed by atoms with Gasteiger partial charge in [-0.2, -0.15) is 0 Å². The normalized spacial score (nSPS) is 27.0. The Bertz CT molecular complexity index is 1990. The minimum absolute atomic E-state index is 0.00789. The molecule has 4 aliphatic rings. The van der Waals surface area contributed by atoms with Gasteiger partial charge in [-0.05, 0) is 84.7 Å². The van der Waals surface area contributed by atoms with Gasteiger partial charge in [0, 0.05) is 21.7 Å². The number of nitrogens with one attached hydrogen (secondary N) is 2. The molecule has 47 heavy (non-hydrogen) atoms. The molecular formula is C35H30FN3O6S2. The number of thiazole rings is 1. The molecule has 9 nitrogen and oxygen atoms in total. The lowest BCUT2D eigenvalue weighted by atomic mass is 9.68. The van der Waals surface area contributed by atoms with Crippen molar-refractivity contribution in [2.24, 2.45) is 29.6 Å². The summed E-state index contributed by atoms with van der Waals surface area (Å²) >= 11 is 2.78. The van der Waals surface area contributed by atoms with Crippen LogP contribution in [0.4, 0.5) is 15.8 Å². The Morgan fingerprint density at radius 2 is 1.74 bits per heavy atom. The molecule has 240 valence electrons. The number of aromatic amines is 1. The number of anilines is 2. The molecule has 3 aromatic carbocycles. The maximum atomic E-state index is 13.9. The third-order valence-electron chi connectivity index (χ3n) is 10.1. The first kappa shape index (κ1) is 29.9. The van der Waals surface area contributed by atoms with Gasteiger partial charge in [0.25, 0.3) is 5.91 Å². The minimum Gasteiger partial charge on any atom is -0.493 e. The fraction of sp³-hybridized carbons (Fsp3) is 0.314. The van der Waals surface area contributed by atoms with Crippen molar-refractivity contribution >= 4 is 52.2 Å². The summed E-state index contributed by atoms with van der Waals surface area (Å²) in [7, 11) is 1.54. The summed E-state index contributed by atoms with van der Waals surface area (Å²) in [6.07, 6.45) is 0.746. The Morgan fingerprint density at radius 1 is 1.00 bits per heavy atom. The summed E-state index contributed by atoms with van der Waals surface area (Å²) in [5.41, 5.74) is 2.95. The van der Waals surface area contributed by atoms with Crippen LogP contribution >= 0.6 is 23.1 Å². The highest BCUT2D eigenvalue weighted by molar-refractivity contribution is 8.00. The van der Waals surface area contributed by atoms with Crippen LogP contribution in [-0.2, 0) is 14.4 Å². The lowest BCUT2D eigenvalue weighted by Gasteiger charge is -2.43. The lowest BCUT2D eigenvalue weighted by molar-refractivity contribution is -0.123. The molecule has 2 N–H and O–H groups in total. The van der Waals surface area contributed by atoms with Gasteiger partial charge in [-0.1, -0.05) is 35.6 Å². The van der Waals surface area contributed by atoms with E-state index < -0.39 is 17.7 Å². The first-order valence-electron chi connectivity index (χ1n) is 15.4. The zero-order valence-corrected chi connectivity index (χ0v) is 27.0. The van der Waals surface area contributed by atoms with E-state index in [2.05, 4.69) is 10.3 Å². The van der Waals surface area contributed by atoms with E-state index in [1.165, 1.54) is 47.6 Å². The van der Waals surface area contributed by atoms with Crippen LogP contribution in [0.2, 0.25) is 0 Å². The standard InChI is InChI=1S/C35H30FN3O6S2/c1-16-5-3-4-6-22(16)37-25(40)15-45-23-12-7-17(13-24(23)44-2)26-27-20-14-21(30(27)46-32-31(26)47-35(43)38-32)29-28(20)33(41)39(34(29)42)19-10-8-18(36)9-11-19/h3-13,20-21,26-30H,14-15H2,1-2H3,(H,37,40)(H,38,43)/t20-,21-,26+,27-,28+,29+,30-/m1/s1. The number of H-pyrrole nitrogens is 1. The van der Waals surface area contributed by atoms with E-state index >= 15 is 0 Å². The average molecular weight is 672 g/mol. The first-order chi connectivity index (χ1) is 22.7. The van der Waals surface area contributed by atoms with Crippen LogP contribution in [0.5, 0.6) is 11.5 Å². The quantitative estimate of drug-likeness (QED) is 0.246. The maximum absolute atomic E-state index is 13.9. The van der Waals surface area contributed by atoms with Gasteiger partial charge in [0.1, 0.15) is 5.82 Å². The van der Waals surface area contributed by atoms with E-state index in [1.54, 1.807) is 17.8 Å². The number of aryl methyl sites for hydroxylation is 1. The number of hydrogen-bond donors (Lipinski definition) is 2. The van der Waals surface area contributed by atoms with Crippen LogP contribution in [0.25, 0.3) is 0 Å². The summed E-state index contributed by atoms with van der Waals surface area (Å²) in [5, 5.41) is 3.68. The Labute approximate surface area is 277 Å². The van der Waals surface area contributed by atoms with E-state index in [0.29, 0.717) is 22.9 Å². The SMILES string of the molecule is COc1cc([C@@H]2c3sc(=O)[nH]c3S[C@@H]3[C@@H]4C[C@@H]([C@@H]5C(=O)N(c6ccc(F)cc6)C(=O)[C@@H]45)[C@H]23)ccc1OCC(=O)Nc1ccccc1C. The van der Waals surface area contributed by atoms with E-state index in [1.807, 2.05) is 43.3 Å². The molecule has 0 unspecified atom stereocenters. The second kappa shape index (κ2) is 11.4. The smallest absolute Gasteiger partial charge is 0.305 e. The summed E-state index contributed by atoms with van der Waals surface area (Å²) < 4.78 is 25.3. The summed E-state index contributed by atoms with van der Waals surface area (Å²) in [6, 6.07) is 18.6. The number of para-hydroxylation sites is 1. The Hall–Kier alpha value is -4.42. The van der Waals surface area contributed by atoms with Gasteiger partial charge < -0.3 is 19.8 Å². The van der Waals surface area contributed by atoms with Crippen molar-refractivity contribution in [3.8, 4) is 11.5 Å². The van der Waals surface area contributed by atoms with Crippen molar-refractivity contribution in [3.63, 3.8) is 0 Å². The van der Waals surface area contributed by atoms with Crippen molar-refractivity contribution in [1.82, 2.24) is 4.98 Å². The van der Waals surface area contributed by atoms with E-state index in [9.17, 15) is 23.6 Å². The van der Waals surface area contributed by atoms with Gasteiger partial charge in [-0.15, -0.1) is 11.8 Å². The summed E-state index contributed by atoms with van der Waals surface area (Å²) in [4.78, 5) is 58.1. The minimum atomic E-state index is -0.476. The molecular weight excluding hydrogens is 642 g/mol. The van der Waals surface area contributed by atoms with Crippen LogP contribution in [0.1, 0.15) is 28.3 Å². The number of fused-ring (bicyclic) bond motifs is 9. The van der Waals surface area contributed by atoms with Gasteiger partial charge in [0.15, 0.2) is 18.1 Å². The van der Waals surface area contributed by atoms with E-state index in [0.717, 1.165) is 27.5 Å². The molecule has 8 rings (SSSR count). The highest BCUT2D eigenvalue weighted by Crippen LogP contribution is 2.68. The molecule has 1 aromatic heterocycles. The fourth-order valence-electron chi connectivity index (χ4n) is 8.27. The van der Waals surface area contributed by atoms with Crippen LogP contribution < -0.4 is 24.6 Å². The van der Waals surface area contributed by atoms with Gasteiger partial charge in [0.05, 0.1) is 29.7 Å². The highest BCUT2D eigenvalue weighted by Gasteiger charge is 2.69. The molecule has 2 aliphatic heterocycles. The van der Waals surface area contributed by atoms with Crippen LogP contribution in [0.3, 0.4) is 0 Å². The molecule has 12 heteroatoms. The zero-order valence-electron chi connectivity index (χ0n) is 25.4. The number of halogens is 1. The third-order valence-corrected chi connectivity index (χ3v) is 12.7. The fourth-order valence-corrected chi connectivity index (χ4v) is 11.2. The summed E-state index contributed by atoms with van der Waals surface area (Å²) in [6.45, 7) is 1.70. The third kappa shape index (κ3) is 4.79. The molecule has 2 saturated carbocycles. The maximum Gasteiger partial charge on any atom is 0.305 e. The van der Waals surface area contributed by atoms with E-state index in [4.69, 9.17) is 9.47 Å². The zero-order chi connectivity index (χ0) is 32.6. The van der Waals surface area contributed by atoms with Gasteiger partial charge in [-0.3, -0.25) is 24.1 Å². The number of methoxy groups -OCH3 is 1. The Kier molecular flexibility index (Phi) is 7.25. The Morgan fingerprint density at radius 3 is 2.49 bits per heavy atom. The summed E-state index contributed by atoms with van der Waals surface area (Å²) in [5.74, 6) is -1.63. The predicted octanol–water partition coefficient (Wildman–Crippen LogP) is 5.59. The van der Waals surface area contributed by atoms with Crippen molar-refractivity contribution in [2.75, 3.05) is 23.9 Å². The number of hydrogen-bond acceptors (Lipinski definition) is 8. The molecule has 0 spiro atoms. The number of amides is 3. The topological polar surface area (TPSA) is 118 Å². The largest absolute Gasteiger partial charge is 0.493 e. The number of ether oxygens (including phenoxy) is 2. The van der Waals surface area contributed by atoms with Crippen LogP contribution in [0, 0.1) is 42.3 Å². The van der Waals surface area contributed by atoms with E-state index in [-0.39, 0.29) is 58.1 Å². The molecule has 1 saturated heterocycles. The lowest BCUT2D eigenvalue weighted by Crippen LogP contribution is -2.42. The number of aromatic nitrogens is 1. The first-order valence-corrected chi connectivity index (χ1v) is 17.1. The molecule has 3 amide bonds. The molecule has 4 aromatic rings. The molecule has 2 aliphatic carbocycles. The number of nitrogens with zero attached hydrogens (tertiary/aromatic N) is 1. The van der Waals surface area contributed by atoms with Crippen molar-refractivity contribution in [1.29, 1.82) is 0 Å². The highest BCUT2D eigenvalue weighted by atomic mass is 32.2. The van der Waals surface area contributed by atoms with Crippen LogP contribution in [0.15, 0.2) is 76.6 Å². The number of imide groups is 1. The molecule has 3 fully saturated rings. The van der Waals surface area contributed by atoms with Gasteiger partial charge in [-0.25, -0.2) is 4.39 Å². The monoisotopic (exact) mass is 671 g/mol. The molecule has 2 bridgehead atoms. The van der Waals surface area contributed by atoms with Gasteiger partial charge >= 0.3 is 4.87 Å². The second-order valence-corrected chi connectivity index (χ2v) is 14.7. The number of thioether (sulfide) groups is 1. The van der Waals surface area contributed by atoms with Gasteiger partial charge in [0.2, 0.25) is 11.8 Å². The number of carbonyl (C=O) groups is 3.